The van der Waals surface area contributed by atoms with E-state index >= 15 is 0 Å². The number of hydrogen-bond acceptors (Lipinski definition) is 4. The summed E-state index contributed by atoms with van der Waals surface area (Å²) in [5.41, 5.74) is 1.29. The predicted molar refractivity (Wildman–Crippen MR) is 85.9 cm³/mol. The average molecular weight is 292 g/mol. The van der Waals surface area contributed by atoms with Crippen LogP contribution in [0.15, 0.2) is 24.3 Å². The molecule has 2 unspecified atom stereocenters. The summed E-state index contributed by atoms with van der Waals surface area (Å²) in [6.07, 6.45) is 1.47. The van der Waals surface area contributed by atoms with Crippen LogP contribution in [0.1, 0.15) is 31.9 Å². The predicted octanol–water partition coefficient (Wildman–Crippen LogP) is 2.46. The summed E-state index contributed by atoms with van der Waals surface area (Å²) in [6.45, 7) is 9.24. The molecular formula is C17H28N2O2. The lowest BCUT2D eigenvalue weighted by Crippen LogP contribution is -2.45. The van der Waals surface area contributed by atoms with Gasteiger partial charge in [-0.1, -0.05) is 19.1 Å². The SMILES string of the molecule is CCCNC(CN1CCOC(C)C1)c1cccc(OC)c1. The van der Waals surface area contributed by atoms with Crippen molar-refractivity contribution < 1.29 is 9.47 Å². The standard InChI is InChI=1S/C17H28N2O2/c1-4-8-18-17(13-19-9-10-21-14(2)12-19)15-6-5-7-16(11-15)20-3/h5-7,11,14,17-18H,4,8-10,12-13H2,1-3H3. The summed E-state index contributed by atoms with van der Waals surface area (Å²) >= 11 is 0. The van der Waals surface area contributed by atoms with E-state index in [0.29, 0.717) is 12.1 Å². The maximum atomic E-state index is 5.63. The molecule has 0 spiro atoms. The molecule has 2 rings (SSSR count). The van der Waals surface area contributed by atoms with Crippen molar-refractivity contribution >= 4 is 0 Å². The fourth-order valence-corrected chi connectivity index (χ4v) is 2.78. The van der Waals surface area contributed by atoms with Crippen molar-refractivity contribution in [2.24, 2.45) is 0 Å². The number of morpholine rings is 1. The molecule has 4 heteroatoms. The highest BCUT2D eigenvalue weighted by Gasteiger charge is 2.21. The van der Waals surface area contributed by atoms with E-state index in [0.717, 1.165) is 45.0 Å². The molecule has 1 aliphatic rings. The largest absolute Gasteiger partial charge is 0.497 e. The summed E-state index contributed by atoms with van der Waals surface area (Å²) < 4.78 is 11.0. The van der Waals surface area contributed by atoms with Gasteiger partial charge in [0, 0.05) is 25.7 Å². The van der Waals surface area contributed by atoms with E-state index in [-0.39, 0.29) is 0 Å². The minimum Gasteiger partial charge on any atom is -0.497 e. The molecule has 1 aromatic carbocycles. The van der Waals surface area contributed by atoms with Crippen LogP contribution in [0, 0.1) is 0 Å². The first kappa shape index (κ1) is 16.3. The number of rotatable bonds is 7. The van der Waals surface area contributed by atoms with Crippen molar-refractivity contribution in [3.05, 3.63) is 29.8 Å². The fourth-order valence-electron chi connectivity index (χ4n) is 2.78. The highest BCUT2D eigenvalue weighted by Crippen LogP contribution is 2.21. The zero-order chi connectivity index (χ0) is 15.1. The lowest BCUT2D eigenvalue weighted by molar-refractivity contribution is -0.0211. The van der Waals surface area contributed by atoms with Crippen molar-refractivity contribution in [2.45, 2.75) is 32.4 Å². The Bertz CT molecular complexity index is 425. The monoisotopic (exact) mass is 292 g/mol. The maximum absolute atomic E-state index is 5.63. The Hall–Kier alpha value is -1.10. The molecule has 2 atom stereocenters. The zero-order valence-corrected chi connectivity index (χ0v) is 13.5. The minimum absolute atomic E-state index is 0.330. The Labute approximate surface area is 128 Å². The third kappa shape index (κ3) is 4.99. The quantitative estimate of drug-likeness (QED) is 0.837. The third-order valence-corrected chi connectivity index (χ3v) is 3.90. The minimum atomic E-state index is 0.330. The number of methoxy groups -OCH3 is 1. The third-order valence-electron chi connectivity index (χ3n) is 3.90. The normalized spacial score (nSPS) is 21.2. The lowest BCUT2D eigenvalue weighted by atomic mass is 10.1. The van der Waals surface area contributed by atoms with Crippen molar-refractivity contribution in [3.63, 3.8) is 0 Å². The molecule has 0 saturated carbocycles. The van der Waals surface area contributed by atoms with Crippen LogP contribution in [0.5, 0.6) is 5.75 Å². The second-order valence-corrected chi connectivity index (χ2v) is 5.72. The summed E-state index contributed by atoms with van der Waals surface area (Å²) in [5, 5.41) is 3.66. The highest BCUT2D eigenvalue weighted by molar-refractivity contribution is 5.30. The van der Waals surface area contributed by atoms with Crippen LogP contribution in [0.2, 0.25) is 0 Å². The van der Waals surface area contributed by atoms with E-state index in [1.165, 1.54) is 5.56 Å². The van der Waals surface area contributed by atoms with Gasteiger partial charge in [0.05, 0.1) is 19.8 Å². The summed E-state index contributed by atoms with van der Waals surface area (Å²) in [4.78, 5) is 2.49. The number of benzene rings is 1. The van der Waals surface area contributed by atoms with Crippen LogP contribution in [0.4, 0.5) is 0 Å². The van der Waals surface area contributed by atoms with Crippen molar-refractivity contribution in [1.82, 2.24) is 10.2 Å². The molecule has 0 bridgehead atoms. The topological polar surface area (TPSA) is 33.7 Å². The van der Waals surface area contributed by atoms with Crippen LogP contribution in [-0.2, 0) is 4.74 Å². The van der Waals surface area contributed by atoms with Gasteiger partial charge in [0.2, 0.25) is 0 Å². The van der Waals surface area contributed by atoms with Crippen LogP contribution in [0.25, 0.3) is 0 Å². The Morgan fingerprint density at radius 2 is 2.33 bits per heavy atom. The van der Waals surface area contributed by atoms with E-state index in [4.69, 9.17) is 9.47 Å². The first-order valence-corrected chi connectivity index (χ1v) is 7.94. The molecule has 118 valence electrons. The van der Waals surface area contributed by atoms with E-state index in [9.17, 15) is 0 Å². The molecule has 0 radical (unpaired) electrons. The van der Waals surface area contributed by atoms with Gasteiger partial charge in [-0.2, -0.15) is 0 Å². The number of nitrogens with zero attached hydrogens (tertiary/aromatic N) is 1. The molecule has 4 nitrogen and oxygen atoms in total. The van der Waals surface area contributed by atoms with Gasteiger partial charge in [0.1, 0.15) is 5.75 Å². The van der Waals surface area contributed by atoms with Crippen LogP contribution < -0.4 is 10.1 Å². The van der Waals surface area contributed by atoms with Gasteiger partial charge in [-0.25, -0.2) is 0 Å². The number of nitrogens with one attached hydrogen (secondary N) is 1. The summed E-state index contributed by atoms with van der Waals surface area (Å²) in [6, 6.07) is 8.72. The van der Waals surface area contributed by atoms with Crippen molar-refractivity contribution in [2.75, 3.05) is 39.9 Å². The van der Waals surface area contributed by atoms with Crippen molar-refractivity contribution in [3.8, 4) is 5.75 Å². The van der Waals surface area contributed by atoms with E-state index < -0.39 is 0 Å². The Morgan fingerprint density at radius 1 is 1.48 bits per heavy atom. The van der Waals surface area contributed by atoms with Crippen LogP contribution >= 0.6 is 0 Å². The van der Waals surface area contributed by atoms with Crippen LogP contribution in [0.3, 0.4) is 0 Å². The average Bonchev–Trinajstić information content (AvgIpc) is 2.51. The van der Waals surface area contributed by atoms with Crippen molar-refractivity contribution in [1.29, 1.82) is 0 Å². The second kappa shape index (κ2) is 8.37. The van der Waals surface area contributed by atoms with Gasteiger partial charge in [-0.3, -0.25) is 4.90 Å². The Morgan fingerprint density at radius 3 is 3.05 bits per heavy atom. The molecular weight excluding hydrogens is 264 g/mol. The smallest absolute Gasteiger partial charge is 0.119 e. The number of hydrogen-bond donors (Lipinski definition) is 1. The van der Waals surface area contributed by atoms with E-state index in [1.807, 2.05) is 6.07 Å². The molecule has 0 aromatic heterocycles. The van der Waals surface area contributed by atoms with Crippen LogP contribution in [-0.4, -0.2) is 50.9 Å². The molecule has 1 saturated heterocycles. The second-order valence-electron chi connectivity index (χ2n) is 5.72. The fraction of sp³-hybridized carbons (Fsp3) is 0.647. The number of ether oxygens (including phenoxy) is 2. The Kier molecular flexibility index (Phi) is 6.49. The molecule has 0 aliphatic carbocycles. The van der Waals surface area contributed by atoms with E-state index in [2.05, 4.69) is 42.3 Å². The summed E-state index contributed by atoms with van der Waals surface area (Å²) in [5.74, 6) is 0.922. The maximum Gasteiger partial charge on any atom is 0.119 e. The van der Waals surface area contributed by atoms with E-state index in [1.54, 1.807) is 7.11 Å². The highest BCUT2D eigenvalue weighted by atomic mass is 16.5. The molecule has 1 N–H and O–H groups in total. The molecule has 21 heavy (non-hydrogen) atoms. The van der Waals surface area contributed by atoms with Gasteiger partial charge in [-0.05, 0) is 37.6 Å². The Balaban J connectivity index is 2.05. The molecule has 1 aromatic rings. The van der Waals surface area contributed by atoms with Gasteiger partial charge < -0.3 is 14.8 Å². The molecule has 0 amide bonds. The van der Waals surface area contributed by atoms with Gasteiger partial charge in [0.25, 0.3) is 0 Å². The summed E-state index contributed by atoms with van der Waals surface area (Å²) in [7, 11) is 1.72. The lowest BCUT2D eigenvalue weighted by Gasteiger charge is -2.34. The molecule has 1 fully saturated rings. The first-order chi connectivity index (χ1) is 10.2. The molecule has 1 heterocycles. The first-order valence-electron chi connectivity index (χ1n) is 7.94. The van der Waals surface area contributed by atoms with Gasteiger partial charge >= 0.3 is 0 Å². The molecule has 1 aliphatic heterocycles. The zero-order valence-electron chi connectivity index (χ0n) is 13.5. The van der Waals surface area contributed by atoms with Gasteiger partial charge in [0.15, 0.2) is 0 Å². The van der Waals surface area contributed by atoms with Gasteiger partial charge in [-0.15, -0.1) is 0 Å².